The Kier molecular flexibility index (Phi) is 4.60. The first-order chi connectivity index (χ1) is 10.1. The number of hydrogen-bond donors (Lipinski definition) is 1. The molecule has 0 bridgehead atoms. The molecule has 1 unspecified atom stereocenters. The fourth-order valence-corrected chi connectivity index (χ4v) is 1.80. The Bertz CT molecular complexity index is 626. The lowest BCUT2D eigenvalue weighted by Gasteiger charge is -2.11. The zero-order valence-electron chi connectivity index (χ0n) is 11.3. The van der Waals surface area contributed by atoms with Gasteiger partial charge in [-0.15, -0.1) is 5.10 Å². The van der Waals surface area contributed by atoms with E-state index in [1.54, 1.807) is 31.2 Å². The van der Waals surface area contributed by atoms with Crippen LogP contribution in [0.3, 0.4) is 0 Å². The lowest BCUT2D eigenvalue weighted by Crippen LogP contribution is -2.29. The zero-order chi connectivity index (χ0) is 15.2. The molecule has 8 heteroatoms. The monoisotopic (exact) mass is 290 g/mol. The van der Waals surface area contributed by atoms with Gasteiger partial charge in [0, 0.05) is 6.42 Å². The third kappa shape index (κ3) is 3.41. The van der Waals surface area contributed by atoms with E-state index in [0.717, 1.165) is 0 Å². The van der Waals surface area contributed by atoms with Crippen molar-refractivity contribution in [2.24, 2.45) is 5.92 Å². The van der Waals surface area contributed by atoms with Crippen molar-refractivity contribution in [3.05, 3.63) is 36.2 Å². The first-order valence-electron chi connectivity index (χ1n) is 6.35. The van der Waals surface area contributed by atoms with Crippen LogP contribution in [0, 0.1) is 5.92 Å². The predicted octanol–water partition coefficient (Wildman–Crippen LogP) is 0.469. The summed E-state index contributed by atoms with van der Waals surface area (Å²) in [5.41, 5.74) is 0.686. The van der Waals surface area contributed by atoms with Crippen LogP contribution in [0.5, 0.6) is 0 Å². The first-order valence-corrected chi connectivity index (χ1v) is 6.35. The van der Waals surface area contributed by atoms with Crippen LogP contribution in [0.4, 0.5) is 0 Å². The molecule has 8 nitrogen and oxygen atoms in total. The van der Waals surface area contributed by atoms with Crippen LogP contribution < -0.4 is 0 Å². The molecule has 0 aliphatic carbocycles. The van der Waals surface area contributed by atoms with Gasteiger partial charge in [-0.25, -0.2) is 0 Å². The van der Waals surface area contributed by atoms with Gasteiger partial charge in [-0.05, 0) is 29.5 Å². The van der Waals surface area contributed by atoms with Crippen molar-refractivity contribution in [3.8, 4) is 5.69 Å². The number of ether oxygens (including phenoxy) is 1. The minimum Gasteiger partial charge on any atom is -0.481 e. The first kappa shape index (κ1) is 14.6. The molecule has 0 saturated carbocycles. The highest BCUT2D eigenvalue weighted by Gasteiger charge is 2.30. The highest BCUT2D eigenvalue weighted by atomic mass is 16.5. The molecule has 0 spiro atoms. The minimum absolute atomic E-state index is 0.117. The van der Waals surface area contributed by atoms with Crippen molar-refractivity contribution in [1.29, 1.82) is 0 Å². The number of carboxylic acids is 1. The zero-order valence-corrected chi connectivity index (χ0v) is 11.3. The molecule has 2 aromatic rings. The molecule has 1 aromatic heterocycles. The van der Waals surface area contributed by atoms with Gasteiger partial charge in [-0.1, -0.05) is 18.2 Å². The van der Waals surface area contributed by atoms with E-state index in [1.807, 2.05) is 6.07 Å². The van der Waals surface area contributed by atoms with Gasteiger partial charge in [0.2, 0.25) is 0 Å². The van der Waals surface area contributed by atoms with Gasteiger partial charge < -0.3 is 9.84 Å². The largest absolute Gasteiger partial charge is 0.481 e. The molecule has 0 amide bonds. The fourth-order valence-electron chi connectivity index (χ4n) is 1.80. The fraction of sp³-hybridized carbons (Fsp3) is 0.308. The molecule has 1 N–H and O–H groups in total. The minimum atomic E-state index is -1.33. The van der Waals surface area contributed by atoms with Crippen LogP contribution in [0.2, 0.25) is 0 Å². The van der Waals surface area contributed by atoms with E-state index in [1.165, 1.54) is 4.68 Å². The molecule has 0 fully saturated rings. The number of hydrogen-bond acceptors (Lipinski definition) is 6. The van der Waals surface area contributed by atoms with Gasteiger partial charge in [0.25, 0.3) is 0 Å². The van der Waals surface area contributed by atoms with Gasteiger partial charge in [0.05, 0.1) is 12.3 Å². The van der Waals surface area contributed by atoms with Gasteiger partial charge in [0.15, 0.2) is 11.7 Å². The summed E-state index contributed by atoms with van der Waals surface area (Å²) in [6, 6.07) is 9.01. The summed E-state index contributed by atoms with van der Waals surface area (Å²) in [7, 11) is 0. The molecule has 0 saturated heterocycles. The van der Waals surface area contributed by atoms with Gasteiger partial charge in [0.1, 0.15) is 0 Å². The van der Waals surface area contributed by atoms with E-state index in [2.05, 4.69) is 15.5 Å². The number of esters is 1. The SMILES string of the molecule is CCOC(=O)C(Cc1nnnn1-c1ccccc1)C(=O)O. The molecule has 2 rings (SSSR count). The molecular weight excluding hydrogens is 276 g/mol. The van der Waals surface area contributed by atoms with Crippen LogP contribution in [0.15, 0.2) is 30.3 Å². The summed E-state index contributed by atoms with van der Waals surface area (Å²) in [4.78, 5) is 22.9. The average Bonchev–Trinajstić information content (AvgIpc) is 2.93. The maximum atomic E-state index is 11.7. The number of nitrogens with zero attached hydrogens (tertiary/aromatic N) is 4. The van der Waals surface area contributed by atoms with E-state index in [0.29, 0.717) is 5.69 Å². The van der Waals surface area contributed by atoms with Crippen molar-refractivity contribution in [1.82, 2.24) is 20.2 Å². The smallest absolute Gasteiger partial charge is 0.320 e. The molecule has 21 heavy (non-hydrogen) atoms. The second-order valence-corrected chi connectivity index (χ2v) is 4.19. The number of benzene rings is 1. The van der Waals surface area contributed by atoms with Crippen LogP contribution in [0.1, 0.15) is 12.7 Å². The predicted molar refractivity (Wildman–Crippen MR) is 70.6 cm³/mol. The summed E-state index contributed by atoms with van der Waals surface area (Å²) in [5.74, 6) is -3.12. The van der Waals surface area contributed by atoms with Crippen LogP contribution in [-0.2, 0) is 20.7 Å². The summed E-state index contributed by atoms with van der Waals surface area (Å²) >= 11 is 0. The van der Waals surface area contributed by atoms with Crippen molar-refractivity contribution in [2.75, 3.05) is 6.61 Å². The Morgan fingerprint density at radius 2 is 2.05 bits per heavy atom. The van der Waals surface area contributed by atoms with E-state index < -0.39 is 17.9 Å². The number of tetrazole rings is 1. The topological polar surface area (TPSA) is 107 Å². The molecule has 0 aliphatic heterocycles. The highest BCUT2D eigenvalue weighted by Crippen LogP contribution is 2.13. The summed E-state index contributed by atoms with van der Waals surface area (Å²) in [5, 5.41) is 20.3. The third-order valence-corrected chi connectivity index (χ3v) is 2.79. The van der Waals surface area contributed by atoms with Crippen LogP contribution >= 0.6 is 0 Å². The number of carbonyl (C=O) groups excluding carboxylic acids is 1. The van der Waals surface area contributed by atoms with E-state index in [-0.39, 0.29) is 18.9 Å². The lowest BCUT2D eigenvalue weighted by molar-refractivity contribution is -0.158. The highest BCUT2D eigenvalue weighted by molar-refractivity contribution is 5.94. The lowest BCUT2D eigenvalue weighted by atomic mass is 10.1. The quantitative estimate of drug-likeness (QED) is 0.608. The maximum Gasteiger partial charge on any atom is 0.320 e. The van der Waals surface area contributed by atoms with E-state index >= 15 is 0 Å². The number of carbonyl (C=O) groups is 2. The maximum absolute atomic E-state index is 11.7. The Balaban J connectivity index is 2.25. The van der Waals surface area contributed by atoms with E-state index in [9.17, 15) is 9.59 Å². The Morgan fingerprint density at radius 1 is 1.33 bits per heavy atom. The summed E-state index contributed by atoms with van der Waals surface area (Å²) < 4.78 is 6.16. The second kappa shape index (κ2) is 6.60. The number of rotatable bonds is 6. The van der Waals surface area contributed by atoms with Crippen molar-refractivity contribution < 1.29 is 19.4 Å². The molecule has 1 heterocycles. The Labute approximate surface area is 120 Å². The Morgan fingerprint density at radius 3 is 2.67 bits per heavy atom. The normalized spacial score (nSPS) is 11.9. The Hall–Kier alpha value is -2.77. The van der Waals surface area contributed by atoms with Gasteiger partial charge >= 0.3 is 11.9 Å². The van der Waals surface area contributed by atoms with Gasteiger partial charge in [-0.2, -0.15) is 4.68 Å². The molecule has 1 aromatic carbocycles. The summed E-state index contributed by atoms with van der Waals surface area (Å²) in [6.45, 7) is 1.73. The molecule has 110 valence electrons. The van der Waals surface area contributed by atoms with Crippen LogP contribution in [0.25, 0.3) is 5.69 Å². The number of aliphatic carboxylic acids is 1. The molecule has 1 atom stereocenters. The molecule has 0 radical (unpaired) electrons. The third-order valence-electron chi connectivity index (χ3n) is 2.79. The average molecular weight is 290 g/mol. The summed E-state index contributed by atoms with van der Waals surface area (Å²) in [6.07, 6.45) is -0.143. The van der Waals surface area contributed by atoms with Crippen molar-refractivity contribution >= 4 is 11.9 Å². The van der Waals surface area contributed by atoms with Gasteiger partial charge in [-0.3, -0.25) is 9.59 Å². The van der Waals surface area contributed by atoms with E-state index in [4.69, 9.17) is 9.84 Å². The van der Waals surface area contributed by atoms with Crippen LogP contribution in [-0.4, -0.2) is 43.9 Å². The standard InChI is InChI=1S/C13H14N4O4/c1-2-21-13(20)10(12(18)19)8-11-14-15-16-17(11)9-6-4-3-5-7-9/h3-7,10H,2,8H2,1H3,(H,18,19). The number of para-hydroxylation sites is 1. The van der Waals surface area contributed by atoms with Crippen molar-refractivity contribution in [3.63, 3.8) is 0 Å². The van der Waals surface area contributed by atoms with Crippen molar-refractivity contribution in [2.45, 2.75) is 13.3 Å². The number of aromatic nitrogens is 4. The second-order valence-electron chi connectivity index (χ2n) is 4.19. The molecule has 0 aliphatic rings. The molecular formula is C13H14N4O4. The number of carboxylic acid groups (broad SMARTS) is 1.